The fraction of sp³-hybridized carbons (Fsp3) is 0.0476. The van der Waals surface area contributed by atoms with Gasteiger partial charge in [-0.2, -0.15) is 0 Å². The maximum Gasteiger partial charge on any atom is 0.127 e. The summed E-state index contributed by atoms with van der Waals surface area (Å²) in [6.07, 6.45) is 0. The van der Waals surface area contributed by atoms with Crippen LogP contribution in [0.25, 0.3) is 32.7 Å². The third-order valence-electron chi connectivity index (χ3n) is 4.28. The minimum Gasteiger partial charge on any atom is -0.496 e. The van der Waals surface area contributed by atoms with E-state index in [9.17, 15) is 0 Å². The molecule has 0 fully saturated rings. The molecule has 0 atom stereocenters. The van der Waals surface area contributed by atoms with Crippen molar-refractivity contribution in [2.24, 2.45) is 0 Å². The van der Waals surface area contributed by atoms with E-state index in [1.54, 1.807) is 7.11 Å². The molecule has 4 aromatic rings. The SMILES string of the molecule is COc1ccc2cc(Br)ccc2c1-c1cccc2ccc(Br)cc12. The van der Waals surface area contributed by atoms with Crippen molar-refractivity contribution < 1.29 is 4.74 Å². The van der Waals surface area contributed by atoms with Crippen molar-refractivity contribution in [2.75, 3.05) is 7.11 Å². The molecule has 0 amide bonds. The number of ether oxygens (including phenoxy) is 1. The molecule has 0 aliphatic heterocycles. The smallest absolute Gasteiger partial charge is 0.127 e. The van der Waals surface area contributed by atoms with Gasteiger partial charge in [0.15, 0.2) is 0 Å². The fourth-order valence-corrected chi connectivity index (χ4v) is 3.93. The summed E-state index contributed by atoms with van der Waals surface area (Å²) in [4.78, 5) is 0. The number of rotatable bonds is 2. The number of hydrogen-bond donors (Lipinski definition) is 0. The molecule has 0 bridgehead atoms. The van der Waals surface area contributed by atoms with Crippen molar-refractivity contribution in [2.45, 2.75) is 0 Å². The Hall–Kier alpha value is -1.84. The van der Waals surface area contributed by atoms with Crippen LogP contribution < -0.4 is 4.74 Å². The Morgan fingerprint density at radius 1 is 0.708 bits per heavy atom. The Morgan fingerprint density at radius 2 is 1.46 bits per heavy atom. The minimum atomic E-state index is 0.886. The van der Waals surface area contributed by atoms with Crippen molar-refractivity contribution in [1.29, 1.82) is 0 Å². The molecule has 0 aromatic heterocycles. The standard InChI is InChI=1S/C21H14Br2O/c1-24-20-10-6-14-11-15(22)8-9-17(14)21(20)18-4-2-3-13-5-7-16(23)12-19(13)18/h2-12H,1H3. The van der Waals surface area contributed by atoms with Gasteiger partial charge in [-0.1, -0.05) is 68.3 Å². The van der Waals surface area contributed by atoms with Gasteiger partial charge in [-0.05, 0) is 57.4 Å². The molecule has 118 valence electrons. The van der Waals surface area contributed by atoms with E-state index in [2.05, 4.69) is 92.5 Å². The van der Waals surface area contributed by atoms with Crippen molar-refractivity contribution >= 4 is 53.4 Å². The van der Waals surface area contributed by atoms with Crippen LogP contribution in [0.4, 0.5) is 0 Å². The number of hydrogen-bond acceptors (Lipinski definition) is 1. The molecule has 4 aromatic carbocycles. The minimum absolute atomic E-state index is 0.886. The zero-order valence-corrected chi connectivity index (χ0v) is 16.2. The Morgan fingerprint density at radius 3 is 2.29 bits per heavy atom. The van der Waals surface area contributed by atoms with Gasteiger partial charge < -0.3 is 4.74 Å². The molecule has 1 nitrogen and oxygen atoms in total. The number of benzene rings is 4. The van der Waals surface area contributed by atoms with Crippen LogP contribution in [0.1, 0.15) is 0 Å². The Labute approximate surface area is 157 Å². The summed E-state index contributed by atoms with van der Waals surface area (Å²) in [5, 5.41) is 4.80. The second-order valence-corrected chi connectivity index (χ2v) is 7.51. The van der Waals surface area contributed by atoms with E-state index >= 15 is 0 Å². The second kappa shape index (κ2) is 6.23. The molecule has 0 unspecified atom stereocenters. The predicted octanol–water partition coefficient (Wildman–Crippen LogP) is 7.19. The summed E-state index contributed by atoms with van der Waals surface area (Å²) in [6, 6.07) is 23.3. The van der Waals surface area contributed by atoms with Gasteiger partial charge in [0.1, 0.15) is 5.75 Å². The van der Waals surface area contributed by atoms with E-state index < -0.39 is 0 Å². The van der Waals surface area contributed by atoms with Crippen LogP contribution in [0.15, 0.2) is 75.7 Å². The van der Waals surface area contributed by atoms with Gasteiger partial charge in [-0.25, -0.2) is 0 Å². The topological polar surface area (TPSA) is 9.23 Å². The van der Waals surface area contributed by atoms with E-state index in [0.29, 0.717) is 0 Å². The van der Waals surface area contributed by atoms with E-state index in [1.807, 2.05) is 6.07 Å². The predicted molar refractivity (Wildman–Crippen MR) is 109 cm³/mol. The van der Waals surface area contributed by atoms with E-state index in [-0.39, 0.29) is 0 Å². The first kappa shape index (κ1) is 15.7. The van der Waals surface area contributed by atoms with Crippen LogP contribution >= 0.6 is 31.9 Å². The number of halogens is 2. The molecule has 0 saturated carbocycles. The molecule has 0 heterocycles. The zero-order chi connectivity index (χ0) is 16.7. The molecule has 24 heavy (non-hydrogen) atoms. The van der Waals surface area contributed by atoms with Crippen LogP contribution in [-0.4, -0.2) is 7.11 Å². The third-order valence-corrected chi connectivity index (χ3v) is 5.26. The van der Waals surface area contributed by atoms with Crippen LogP contribution in [-0.2, 0) is 0 Å². The van der Waals surface area contributed by atoms with Gasteiger partial charge >= 0.3 is 0 Å². The highest BCUT2D eigenvalue weighted by Crippen LogP contribution is 2.41. The first-order valence-electron chi connectivity index (χ1n) is 7.62. The number of fused-ring (bicyclic) bond motifs is 2. The molecule has 0 aliphatic rings. The van der Waals surface area contributed by atoms with Crippen LogP contribution in [0.5, 0.6) is 5.75 Å². The van der Waals surface area contributed by atoms with Gasteiger partial charge in [0, 0.05) is 14.5 Å². The summed E-state index contributed by atoms with van der Waals surface area (Å²) >= 11 is 7.16. The van der Waals surface area contributed by atoms with Gasteiger partial charge in [-0.3, -0.25) is 0 Å². The van der Waals surface area contributed by atoms with Crippen LogP contribution in [0.3, 0.4) is 0 Å². The van der Waals surface area contributed by atoms with Crippen LogP contribution in [0.2, 0.25) is 0 Å². The van der Waals surface area contributed by atoms with E-state index in [0.717, 1.165) is 20.3 Å². The molecular formula is C21H14Br2O. The summed E-state index contributed by atoms with van der Waals surface area (Å²) < 4.78 is 7.84. The van der Waals surface area contributed by atoms with Gasteiger partial charge in [0.2, 0.25) is 0 Å². The summed E-state index contributed by atoms with van der Waals surface area (Å²) in [7, 11) is 1.73. The second-order valence-electron chi connectivity index (χ2n) is 5.68. The molecule has 0 saturated heterocycles. The third kappa shape index (κ3) is 2.62. The van der Waals surface area contributed by atoms with Gasteiger partial charge in [-0.15, -0.1) is 0 Å². The van der Waals surface area contributed by atoms with Crippen molar-refractivity contribution in [3.8, 4) is 16.9 Å². The molecule has 0 aliphatic carbocycles. The highest BCUT2D eigenvalue weighted by atomic mass is 79.9. The quantitative estimate of drug-likeness (QED) is 0.319. The van der Waals surface area contributed by atoms with Gasteiger partial charge in [0.05, 0.1) is 7.11 Å². The summed E-state index contributed by atoms with van der Waals surface area (Å²) in [5.41, 5.74) is 2.31. The maximum atomic E-state index is 5.69. The summed E-state index contributed by atoms with van der Waals surface area (Å²) in [5.74, 6) is 0.886. The molecular weight excluding hydrogens is 428 g/mol. The Kier molecular flexibility index (Phi) is 4.07. The average Bonchev–Trinajstić information content (AvgIpc) is 2.60. The van der Waals surface area contributed by atoms with E-state index in [1.165, 1.54) is 27.1 Å². The fourth-order valence-electron chi connectivity index (χ4n) is 3.19. The maximum absolute atomic E-state index is 5.69. The highest BCUT2D eigenvalue weighted by molar-refractivity contribution is 9.10. The van der Waals surface area contributed by atoms with Gasteiger partial charge in [0.25, 0.3) is 0 Å². The Bertz CT molecular complexity index is 1070. The summed E-state index contributed by atoms with van der Waals surface area (Å²) in [6.45, 7) is 0. The lowest BCUT2D eigenvalue weighted by Gasteiger charge is -2.15. The van der Waals surface area contributed by atoms with Crippen molar-refractivity contribution in [3.05, 3.63) is 75.7 Å². The lowest BCUT2D eigenvalue weighted by atomic mass is 9.93. The number of methoxy groups -OCH3 is 1. The molecule has 0 N–H and O–H groups in total. The monoisotopic (exact) mass is 440 g/mol. The first-order valence-corrected chi connectivity index (χ1v) is 9.21. The first-order chi connectivity index (χ1) is 11.7. The Balaban J connectivity index is 2.15. The molecule has 0 radical (unpaired) electrons. The zero-order valence-electron chi connectivity index (χ0n) is 13.0. The van der Waals surface area contributed by atoms with Crippen molar-refractivity contribution in [3.63, 3.8) is 0 Å². The largest absolute Gasteiger partial charge is 0.496 e. The van der Waals surface area contributed by atoms with E-state index in [4.69, 9.17) is 4.74 Å². The highest BCUT2D eigenvalue weighted by Gasteiger charge is 2.14. The molecule has 0 spiro atoms. The lowest BCUT2D eigenvalue weighted by molar-refractivity contribution is 0.417. The van der Waals surface area contributed by atoms with Crippen LogP contribution in [0, 0.1) is 0 Å². The lowest BCUT2D eigenvalue weighted by Crippen LogP contribution is -1.91. The molecule has 4 rings (SSSR count). The normalized spacial score (nSPS) is 11.1. The average molecular weight is 442 g/mol. The molecule has 3 heteroatoms. The van der Waals surface area contributed by atoms with Crippen molar-refractivity contribution in [1.82, 2.24) is 0 Å².